The van der Waals surface area contributed by atoms with Crippen molar-refractivity contribution in [1.82, 2.24) is 5.32 Å². The van der Waals surface area contributed by atoms with Gasteiger partial charge in [-0.25, -0.2) is 4.79 Å². The Labute approximate surface area is 124 Å². The van der Waals surface area contributed by atoms with E-state index in [1.807, 2.05) is 31.2 Å². The maximum absolute atomic E-state index is 11.9. The molecule has 1 aliphatic carbocycles. The number of hydrogen-bond acceptors (Lipinski definition) is 3. The third kappa shape index (κ3) is 3.97. The van der Waals surface area contributed by atoms with Crippen LogP contribution in [0.5, 0.6) is 5.75 Å². The second-order valence-electron chi connectivity index (χ2n) is 5.74. The van der Waals surface area contributed by atoms with Crippen LogP contribution in [0.4, 0.5) is 0 Å². The number of nitrogens with one attached hydrogen (secondary N) is 1. The summed E-state index contributed by atoms with van der Waals surface area (Å²) >= 11 is 0. The Morgan fingerprint density at radius 1 is 1.33 bits per heavy atom. The first-order chi connectivity index (χ1) is 9.91. The first-order valence-electron chi connectivity index (χ1n) is 7.15. The van der Waals surface area contributed by atoms with Gasteiger partial charge in [-0.3, -0.25) is 4.79 Å². The third-order valence-electron chi connectivity index (χ3n) is 3.86. The van der Waals surface area contributed by atoms with Crippen LogP contribution in [0.1, 0.15) is 31.7 Å². The molecule has 0 aromatic heterocycles. The van der Waals surface area contributed by atoms with Crippen LogP contribution in [0.15, 0.2) is 24.3 Å². The van der Waals surface area contributed by atoms with Crippen LogP contribution in [-0.2, 0) is 9.59 Å². The lowest BCUT2D eigenvalue weighted by Crippen LogP contribution is -2.54. The van der Waals surface area contributed by atoms with E-state index in [2.05, 4.69) is 5.32 Å². The van der Waals surface area contributed by atoms with Gasteiger partial charge in [0.15, 0.2) is 0 Å². The number of carboxylic acid groups (broad SMARTS) is 1. The molecule has 1 aromatic carbocycles. The Kier molecular flexibility index (Phi) is 4.50. The number of carbonyl (C=O) groups excluding carboxylic acids is 1. The van der Waals surface area contributed by atoms with Crippen molar-refractivity contribution in [3.05, 3.63) is 29.8 Å². The molecule has 0 saturated heterocycles. The van der Waals surface area contributed by atoms with Crippen LogP contribution >= 0.6 is 0 Å². The van der Waals surface area contributed by atoms with Crippen LogP contribution < -0.4 is 10.1 Å². The number of amides is 1. The highest BCUT2D eigenvalue weighted by atomic mass is 16.5. The minimum atomic E-state index is -1.15. The summed E-state index contributed by atoms with van der Waals surface area (Å²) in [5.74, 6) is -0.523. The van der Waals surface area contributed by atoms with Crippen molar-refractivity contribution in [3.8, 4) is 5.75 Å². The van der Waals surface area contributed by atoms with Crippen molar-refractivity contribution >= 4 is 11.9 Å². The molecule has 2 rings (SSSR count). The summed E-state index contributed by atoms with van der Waals surface area (Å²) in [6, 6.07) is 7.56. The normalized spacial score (nSPS) is 16.9. The SMILES string of the molecule is Cc1ccc(OCCC(=O)NC(C)(C(=O)O)C2CC2)cc1. The summed E-state index contributed by atoms with van der Waals surface area (Å²) in [5, 5.41) is 11.9. The average Bonchev–Trinajstić information content (AvgIpc) is 3.25. The third-order valence-corrected chi connectivity index (χ3v) is 3.86. The molecule has 1 unspecified atom stereocenters. The van der Waals surface area contributed by atoms with E-state index in [9.17, 15) is 14.7 Å². The molecule has 21 heavy (non-hydrogen) atoms. The number of aryl methyl sites for hydroxylation is 1. The molecule has 0 spiro atoms. The molecule has 1 amide bonds. The second-order valence-corrected chi connectivity index (χ2v) is 5.74. The second kappa shape index (κ2) is 6.16. The standard InChI is InChI=1S/C16H21NO4/c1-11-3-7-13(8-4-11)21-10-9-14(18)17-16(2,15(19)20)12-5-6-12/h3-4,7-8,12H,5-6,9-10H2,1-2H3,(H,17,18)(H,19,20). The van der Waals surface area contributed by atoms with Crippen LogP contribution in [0.3, 0.4) is 0 Å². The first kappa shape index (κ1) is 15.4. The van der Waals surface area contributed by atoms with E-state index >= 15 is 0 Å². The highest BCUT2D eigenvalue weighted by Crippen LogP contribution is 2.39. The molecular weight excluding hydrogens is 270 g/mol. The molecule has 0 bridgehead atoms. The molecule has 0 heterocycles. The molecule has 2 N–H and O–H groups in total. The maximum Gasteiger partial charge on any atom is 0.329 e. The van der Waals surface area contributed by atoms with Gasteiger partial charge < -0.3 is 15.2 Å². The number of aliphatic carboxylic acids is 1. The van der Waals surface area contributed by atoms with Gasteiger partial charge in [-0.15, -0.1) is 0 Å². The highest BCUT2D eigenvalue weighted by molar-refractivity contribution is 5.87. The highest BCUT2D eigenvalue weighted by Gasteiger charge is 2.48. The minimum absolute atomic E-state index is 0.0389. The van der Waals surface area contributed by atoms with Gasteiger partial charge in [-0.1, -0.05) is 17.7 Å². The van der Waals surface area contributed by atoms with E-state index in [1.165, 1.54) is 0 Å². The van der Waals surface area contributed by atoms with Gasteiger partial charge in [0.05, 0.1) is 13.0 Å². The lowest BCUT2D eigenvalue weighted by Gasteiger charge is -2.26. The summed E-state index contributed by atoms with van der Waals surface area (Å²) in [4.78, 5) is 23.2. The van der Waals surface area contributed by atoms with Crippen molar-refractivity contribution < 1.29 is 19.4 Å². The van der Waals surface area contributed by atoms with Crippen molar-refractivity contribution in [1.29, 1.82) is 0 Å². The van der Waals surface area contributed by atoms with Crippen molar-refractivity contribution in [3.63, 3.8) is 0 Å². The quantitative estimate of drug-likeness (QED) is 0.807. The number of rotatable bonds is 7. The van der Waals surface area contributed by atoms with Gasteiger partial charge in [0, 0.05) is 0 Å². The summed E-state index contributed by atoms with van der Waals surface area (Å²) in [6.07, 6.45) is 1.84. The molecular formula is C16H21NO4. The van der Waals surface area contributed by atoms with E-state index < -0.39 is 11.5 Å². The predicted octanol–water partition coefficient (Wildman–Crippen LogP) is 2.13. The number of carbonyl (C=O) groups is 2. The van der Waals surface area contributed by atoms with Crippen LogP contribution in [0, 0.1) is 12.8 Å². The Hall–Kier alpha value is -2.04. The van der Waals surface area contributed by atoms with Gasteiger partial charge in [0.1, 0.15) is 11.3 Å². The largest absolute Gasteiger partial charge is 0.493 e. The van der Waals surface area contributed by atoms with Gasteiger partial charge in [-0.05, 0) is 44.7 Å². The van der Waals surface area contributed by atoms with Crippen LogP contribution in [0.25, 0.3) is 0 Å². The van der Waals surface area contributed by atoms with Gasteiger partial charge in [0.25, 0.3) is 0 Å². The lowest BCUT2D eigenvalue weighted by atomic mass is 9.96. The molecule has 1 fully saturated rings. The number of carboxylic acids is 1. The molecule has 0 aliphatic heterocycles. The molecule has 1 atom stereocenters. The Bertz CT molecular complexity index is 522. The van der Waals surface area contributed by atoms with E-state index in [4.69, 9.17) is 4.74 Å². The van der Waals surface area contributed by atoms with Crippen molar-refractivity contribution in [2.75, 3.05) is 6.61 Å². The number of ether oxygens (including phenoxy) is 1. The summed E-state index contributed by atoms with van der Waals surface area (Å²) in [5.41, 5.74) is -0.0113. The Morgan fingerprint density at radius 2 is 1.95 bits per heavy atom. The van der Waals surface area contributed by atoms with Crippen LogP contribution in [-0.4, -0.2) is 29.1 Å². The van der Waals surface area contributed by atoms with E-state index in [0.29, 0.717) is 5.75 Å². The zero-order chi connectivity index (χ0) is 15.5. The first-order valence-corrected chi connectivity index (χ1v) is 7.15. The Balaban J connectivity index is 1.79. The molecule has 5 heteroatoms. The van der Waals surface area contributed by atoms with Gasteiger partial charge in [-0.2, -0.15) is 0 Å². The summed E-state index contributed by atoms with van der Waals surface area (Å²) in [6.45, 7) is 3.79. The van der Waals surface area contributed by atoms with E-state index in [-0.39, 0.29) is 24.9 Å². The zero-order valence-corrected chi connectivity index (χ0v) is 12.4. The molecule has 1 aromatic rings. The van der Waals surface area contributed by atoms with E-state index in [0.717, 1.165) is 18.4 Å². The molecule has 1 saturated carbocycles. The maximum atomic E-state index is 11.9. The topological polar surface area (TPSA) is 75.6 Å². The monoisotopic (exact) mass is 291 g/mol. The fourth-order valence-electron chi connectivity index (χ4n) is 2.24. The van der Waals surface area contributed by atoms with Crippen molar-refractivity contribution in [2.45, 2.75) is 38.6 Å². The molecule has 5 nitrogen and oxygen atoms in total. The van der Waals surface area contributed by atoms with Crippen LogP contribution in [0.2, 0.25) is 0 Å². The van der Waals surface area contributed by atoms with Gasteiger partial charge in [0.2, 0.25) is 5.91 Å². The molecule has 0 radical (unpaired) electrons. The smallest absolute Gasteiger partial charge is 0.329 e. The minimum Gasteiger partial charge on any atom is -0.493 e. The Morgan fingerprint density at radius 3 is 2.48 bits per heavy atom. The van der Waals surface area contributed by atoms with Crippen molar-refractivity contribution in [2.24, 2.45) is 5.92 Å². The number of hydrogen-bond donors (Lipinski definition) is 2. The number of benzene rings is 1. The summed E-state index contributed by atoms with van der Waals surface area (Å²) in [7, 11) is 0. The predicted molar refractivity (Wildman–Crippen MR) is 78.2 cm³/mol. The zero-order valence-electron chi connectivity index (χ0n) is 12.4. The summed E-state index contributed by atoms with van der Waals surface area (Å²) < 4.78 is 5.47. The fraction of sp³-hybridized carbons (Fsp3) is 0.500. The van der Waals surface area contributed by atoms with E-state index in [1.54, 1.807) is 6.92 Å². The lowest BCUT2D eigenvalue weighted by molar-refractivity contribution is -0.148. The molecule has 114 valence electrons. The molecule has 1 aliphatic rings. The van der Waals surface area contributed by atoms with Gasteiger partial charge >= 0.3 is 5.97 Å². The fourth-order valence-corrected chi connectivity index (χ4v) is 2.24. The average molecular weight is 291 g/mol.